The minimum absolute atomic E-state index is 0.107. The van der Waals surface area contributed by atoms with Crippen molar-refractivity contribution >= 4 is 0 Å². The quantitative estimate of drug-likeness (QED) is 0.250. The summed E-state index contributed by atoms with van der Waals surface area (Å²) in [6.45, 7) is 7.01. The number of hydrogen-bond acceptors (Lipinski definition) is 3. The van der Waals surface area contributed by atoms with Crippen LogP contribution in [0, 0.1) is 0 Å². The van der Waals surface area contributed by atoms with Crippen LogP contribution in [0.2, 0.25) is 0 Å². The van der Waals surface area contributed by atoms with Gasteiger partial charge in [-0.25, -0.2) is 9.78 Å². The van der Waals surface area contributed by atoms with E-state index in [2.05, 4.69) is 28.1 Å². The van der Waals surface area contributed by atoms with E-state index in [1.807, 2.05) is 6.92 Å². The maximum atomic E-state index is 5.52. The number of rotatable bonds is 10. The van der Waals surface area contributed by atoms with Crippen molar-refractivity contribution in [1.82, 2.24) is 0 Å². The van der Waals surface area contributed by atoms with Crippen molar-refractivity contribution in [1.29, 1.82) is 0 Å². The molecule has 0 aromatic rings. The summed E-state index contributed by atoms with van der Waals surface area (Å²) in [4.78, 5) is 10.2. The normalized spacial score (nSPS) is 14.1. The van der Waals surface area contributed by atoms with E-state index in [0.29, 0.717) is 13.2 Å². The Morgan fingerprint density at radius 3 is 2.31 bits per heavy atom. The molecule has 0 aliphatic carbocycles. The van der Waals surface area contributed by atoms with Crippen molar-refractivity contribution in [2.45, 2.75) is 32.8 Å². The second-order valence-electron chi connectivity index (χ2n) is 5.16. The Morgan fingerprint density at radius 1 is 1.06 bits per heavy atom. The summed E-state index contributed by atoms with van der Waals surface area (Å²) in [7, 11) is 6.37. The molecule has 16 heavy (non-hydrogen) atoms. The molecule has 0 aliphatic heterocycles. The molecule has 0 spiro atoms. The van der Waals surface area contributed by atoms with Crippen LogP contribution in [0.3, 0.4) is 0 Å². The molecule has 4 heteroatoms. The van der Waals surface area contributed by atoms with Gasteiger partial charge in [0.05, 0.1) is 27.2 Å². The molecule has 0 radical (unpaired) electrons. The van der Waals surface area contributed by atoms with Gasteiger partial charge in [0, 0.05) is 6.61 Å². The molecule has 0 rings (SSSR count). The fourth-order valence-electron chi connectivity index (χ4n) is 0.991. The third-order valence-electron chi connectivity index (χ3n) is 2.13. The highest BCUT2D eigenvalue weighted by atomic mass is 17.2. The molecule has 0 fully saturated rings. The van der Waals surface area contributed by atoms with Gasteiger partial charge in [-0.2, -0.15) is 0 Å². The molecule has 0 aromatic heterocycles. The summed E-state index contributed by atoms with van der Waals surface area (Å²) in [6, 6.07) is 0. The molecule has 0 N–H and O–H groups in total. The van der Waals surface area contributed by atoms with Crippen LogP contribution in [-0.4, -0.2) is 58.1 Å². The Hall–Kier alpha value is -0.160. The highest BCUT2D eigenvalue weighted by Crippen LogP contribution is 1.97. The summed E-state index contributed by atoms with van der Waals surface area (Å²) in [5, 5.41) is 0. The molecular formula is C12H28NO3+. The van der Waals surface area contributed by atoms with Gasteiger partial charge in [-0.3, -0.25) is 0 Å². The Morgan fingerprint density at radius 2 is 1.75 bits per heavy atom. The monoisotopic (exact) mass is 234 g/mol. The zero-order chi connectivity index (χ0) is 12.4. The van der Waals surface area contributed by atoms with Gasteiger partial charge in [0.2, 0.25) is 0 Å². The van der Waals surface area contributed by atoms with E-state index in [0.717, 1.165) is 30.5 Å². The SMILES string of the molecule is CCCCO[C@H](C)COOCC[N+](C)(C)C. The van der Waals surface area contributed by atoms with Crippen LogP contribution in [0.4, 0.5) is 0 Å². The molecule has 0 aromatic carbocycles. The van der Waals surface area contributed by atoms with Crippen LogP contribution in [0.15, 0.2) is 0 Å². The smallest absolute Gasteiger partial charge is 0.131 e. The molecular weight excluding hydrogens is 206 g/mol. The topological polar surface area (TPSA) is 27.7 Å². The van der Waals surface area contributed by atoms with Crippen molar-refractivity contribution in [2.75, 3.05) is 47.5 Å². The van der Waals surface area contributed by atoms with Gasteiger partial charge in [-0.05, 0) is 13.3 Å². The Labute approximate surface area is 100.0 Å². The molecule has 98 valence electrons. The number of unbranched alkanes of at least 4 members (excludes halogenated alkanes) is 1. The van der Waals surface area contributed by atoms with E-state index in [1.54, 1.807) is 0 Å². The lowest BCUT2D eigenvalue weighted by molar-refractivity contribution is -0.871. The van der Waals surface area contributed by atoms with E-state index < -0.39 is 0 Å². The lowest BCUT2D eigenvalue weighted by Crippen LogP contribution is -2.37. The summed E-state index contributed by atoms with van der Waals surface area (Å²) in [5.74, 6) is 0. The van der Waals surface area contributed by atoms with Crippen LogP contribution >= 0.6 is 0 Å². The second kappa shape index (κ2) is 8.93. The van der Waals surface area contributed by atoms with E-state index >= 15 is 0 Å². The third-order valence-corrected chi connectivity index (χ3v) is 2.13. The lowest BCUT2D eigenvalue weighted by atomic mass is 10.3. The zero-order valence-corrected chi connectivity index (χ0v) is 11.5. The highest BCUT2D eigenvalue weighted by molar-refractivity contribution is 4.45. The minimum atomic E-state index is 0.107. The zero-order valence-electron chi connectivity index (χ0n) is 11.5. The molecule has 0 unspecified atom stereocenters. The van der Waals surface area contributed by atoms with Crippen LogP contribution in [0.25, 0.3) is 0 Å². The van der Waals surface area contributed by atoms with Gasteiger partial charge < -0.3 is 9.22 Å². The van der Waals surface area contributed by atoms with Crippen molar-refractivity contribution in [3.63, 3.8) is 0 Å². The van der Waals surface area contributed by atoms with Crippen LogP contribution < -0.4 is 0 Å². The maximum absolute atomic E-state index is 5.52. The van der Waals surface area contributed by atoms with Crippen molar-refractivity contribution in [2.24, 2.45) is 0 Å². The second-order valence-corrected chi connectivity index (χ2v) is 5.16. The molecule has 0 saturated heterocycles. The number of quaternary nitrogens is 1. The molecule has 0 saturated carbocycles. The first-order valence-corrected chi connectivity index (χ1v) is 6.12. The predicted molar refractivity (Wildman–Crippen MR) is 65.1 cm³/mol. The van der Waals surface area contributed by atoms with Gasteiger partial charge in [0.15, 0.2) is 0 Å². The average Bonchev–Trinajstić information content (AvgIpc) is 2.16. The van der Waals surface area contributed by atoms with Crippen LogP contribution in [0.5, 0.6) is 0 Å². The molecule has 4 nitrogen and oxygen atoms in total. The first kappa shape index (κ1) is 15.8. The Bertz CT molecular complexity index is 157. The van der Waals surface area contributed by atoms with E-state index in [9.17, 15) is 0 Å². The first-order chi connectivity index (χ1) is 7.45. The van der Waals surface area contributed by atoms with Gasteiger partial charge in [0.1, 0.15) is 19.8 Å². The predicted octanol–water partition coefficient (Wildman–Crippen LogP) is 1.85. The van der Waals surface area contributed by atoms with E-state index in [1.165, 1.54) is 0 Å². The standard InChI is InChI=1S/C12H28NO3/c1-6-7-9-14-12(2)11-16-15-10-8-13(3,4)5/h12H,6-11H2,1-5H3/q+1/t12-/m1/s1. The van der Waals surface area contributed by atoms with E-state index in [-0.39, 0.29) is 6.10 Å². The summed E-state index contributed by atoms with van der Waals surface area (Å²) >= 11 is 0. The number of ether oxygens (including phenoxy) is 1. The lowest BCUT2D eigenvalue weighted by Gasteiger charge is -2.23. The van der Waals surface area contributed by atoms with Crippen molar-refractivity contribution in [3.8, 4) is 0 Å². The maximum Gasteiger partial charge on any atom is 0.131 e. The van der Waals surface area contributed by atoms with Crippen LogP contribution in [0.1, 0.15) is 26.7 Å². The van der Waals surface area contributed by atoms with Crippen LogP contribution in [-0.2, 0) is 14.5 Å². The fourth-order valence-corrected chi connectivity index (χ4v) is 0.991. The summed E-state index contributed by atoms with van der Waals surface area (Å²) in [6.07, 6.45) is 2.37. The number of likely N-dealkylation sites (N-methyl/N-ethyl adjacent to an activating group) is 1. The molecule has 0 bridgehead atoms. The van der Waals surface area contributed by atoms with Gasteiger partial charge in [-0.15, -0.1) is 0 Å². The first-order valence-electron chi connectivity index (χ1n) is 6.12. The molecule has 1 atom stereocenters. The van der Waals surface area contributed by atoms with E-state index in [4.69, 9.17) is 14.5 Å². The molecule has 0 amide bonds. The fraction of sp³-hybridized carbons (Fsp3) is 1.00. The Kier molecular flexibility index (Phi) is 8.84. The minimum Gasteiger partial charge on any atom is -0.376 e. The molecule has 0 aliphatic rings. The number of nitrogens with zero attached hydrogens (tertiary/aromatic N) is 1. The molecule has 0 heterocycles. The third kappa shape index (κ3) is 11.9. The summed E-state index contributed by atoms with van der Waals surface area (Å²) in [5.41, 5.74) is 0. The van der Waals surface area contributed by atoms with Gasteiger partial charge in [0.25, 0.3) is 0 Å². The van der Waals surface area contributed by atoms with Crippen molar-refractivity contribution < 1.29 is 19.0 Å². The highest BCUT2D eigenvalue weighted by Gasteiger charge is 2.07. The van der Waals surface area contributed by atoms with Gasteiger partial charge >= 0.3 is 0 Å². The van der Waals surface area contributed by atoms with Crippen molar-refractivity contribution in [3.05, 3.63) is 0 Å². The largest absolute Gasteiger partial charge is 0.376 e. The Balaban J connectivity index is 3.24. The average molecular weight is 234 g/mol. The number of hydrogen-bond donors (Lipinski definition) is 0. The van der Waals surface area contributed by atoms with Gasteiger partial charge in [-0.1, -0.05) is 13.3 Å². The summed E-state index contributed by atoms with van der Waals surface area (Å²) < 4.78 is 6.40.